The fourth-order valence-corrected chi connectivity index (χ4v) is 1.41. The predicted molar refractivity (Wildman–Crippen MR) is 48.5 cm³/mol. The number of pyridine rings is 1. The summed E-state index contributed by atoms with van der Waals surface area (Å²) < 4.78 is 0. The van der Waals surface area contributed by atoms with Crippen LogP contribution in [0.15, 0.2) is 22.0 Å². The van der Waals surface area contributed by atoms with Gasteiger partial charge in [-0.2, -0.15) is 0 Å². The molecule has 2 N–H and O–H groups in total. The number of hydrogen-bond donors (Lipinski definition) is 2. The minimum Gasteiger partial charge on any atom is -0.281 e. The molecule has 0 amide bonds. The smallest absolute Gasteiger partial charge is 0.273 e. The molecule has 5 heteroatoms. The molecular weight excluding hydrogens is 174 g/mol. The molecule has 4 nitrogen and oxygen atoms in total. The zero-order chi connectivity index (χ0) is 8.55. The van der Waals surface area contributed by atoms with Gasteiger partial charge in [-0.05, 0) is 12.3 Å². The fourth-order valence-electron chi connectivity index (χ4n) is 1.01. The van der Waals surface area contributed by atoms with Crippen LogP contribution in [0.1, 0.15) is 0 Å². The Morgan fingerprint density at radius 1 is 1.50 bits per heavy atom. The summed E-state index contributed by atoms with van der Waals surface area (Å²) in [7, 11) is 0. The number of thioether (sulfide) groups is 1. The molecule has 2 heterocycles. The van der Waals surface area contributed by atoms with Crippen molar-refractivity contribution in [1.29, 1.82) is 0 Å². The van der Waals surface area contributed by atoms with E-state index in [4.69, 9.17) is 0 Å². The quantitative estimate of drug-likeness (QED) is 0.644. The highest BCUT2D eigenvalue weighted by atomic mass is 32.2. The average molecular weight is 181 g/mol. The van der Waals surface area contributed by atoms with Gasteiger partial charge in [0.1, 0.15) is 0 Å². The molecule has 0 radical (unpaired) electrons. The summed E-state index contributed by atoms with van der Waals surface area (Å²) >= 11 is 1.57. The second-order valence-corrected chi connectivity index (χ2v) is 3.23. The molecule has 0 aliphatic carbocycles. The molecule has 0 spiro atoms. The van der Waals surface area contributed by atoms with E-state index in [1.807, 2.05) is 12.3 Å². The summed E-state index contributed by atoms with van der Waals surface area (Å²) in [5.41, 5.74) is 0.492. The van der Waals surface area contributed by atoms with Crippen LogP contribution in [0.5, 0.6) is 0 Å². The number of aromatic nitrogens is 3. The number of fused-ring (bicyclic) bond motifs is 1. The van der Waals surface area contributed by atoms with E-state index >= 15 is 0 Å². The third-order valence-electron chi connectivity index (χ3n) is 1.64. The second kappa shape index (κ2) is 2.67. The third-order valence-corrected chi connectivity index (χ3v) is 2.33. The molecule has 12 heavy (non-hydrogen) atoms. The van der Waals surface area contributed by atoms with Crippen molar-refractivity contribution >= 4 is 22.8 Å². The summed E-state index contributed by atoms with van der Waals surface area (Å²) in [6.07, 6.45) is 3.68. The Bertz CT molecular complexity index is 459. The molecule has 0 saturated heterocycles. The van der Waals surface area contributed by atoms with E-state index in [1.54, 1.807) is 18.0 Å². The maximum atomic E-state index is 11.1. The number of nitrogens with one attached hydrogen (secondary N) is 2. The molecule has 2 rings (SSSR count). The average Bonchev–Trinajstić information content (AvgIpc) is 2.47. The van der Waals surface area contributed by atoms with Gasteiger partial charge >= 0.3 is 0 Å². The Hall–Kier alpha value is -1.23. The molecule has 0 aliphatic rings. The molecule has 0 aliphatic heterocycles. The van der Waals surface area contributed by atoms with E-state index in [-0.39, 0.29) is 5.56 Å². The van der Waals surface area contributed by atoms with Crippen LogP contribution in [0.3, 0.4) is 0 Å². The lowest BCUT2D eigenvalue weighted by atomic mass is 10.3. The summed E-state index contributed by atoms with van der Waals surface area (Å²) in [6.45, 7) is 0. The molecule has 0 unspecified atom stereocenters. The second-order valence-electron chi connectivity index (χ2n) is 2.35. The monoisotopic (exact) mass is 181 g/mol. The predicted octanol–water partition coefficient (Wildman–Crippen LogP) is 0.973. The highest BCUT2D eigenvalue weighted by Gasteiger charge is 2.01. The van der Waals surface area contributed by atoms with Gasteiger partial charge in [0.05, 0.1) is 5.39 Å². The lowest BCUT2D eigenvalue weighted by molar-refractivity contribution is 1.06. The Morgan fingerprint density at radius 3 is 3.08 bits per heavy atom. The topological polar surface area (TPSA) is 61.5 Å². The lowest BCUT2D eigenvalue weighted by Gasteiger charge is -1.92. The summed E-state index contributed by atoms with van der Waals surface area (Å²) in [6, 6.07) is 1.82. The Balaban J connectivity index is 2.80. The van der Waals surface area contributed by atoms with Gasteiger partial charge < -0.3 is 0 Å². The molecular formula is C7H7N3OS. The van der Waals surface area contributed by atoms with Crippen molar-refractivity contribution < 1.29 is 0 Å². The number of rotatable bonds is 1. The normalized spacial score (nSPS) is 10.8. The number of aromatic amines is 2. The summed E-state index contributed by atoms with van der Waals surface area (Å²) in [5.74, 6) is 0. The fraction of sp³-hybridized carbons (Fsp3) is 0.143. The molecule has 0 bridgehead atoms. The SMILES string of the molecule is CSc1cnc2[nH][nH]c(=O)c2c1. The van der Waals surface area contributed by atoms with E-state index in [0.29, 0.717) is 11.0 Å². The number of H-pyrrole nitrogens is 2. The van der Waals surface area contributed by atoms with Gasteiger partial charge in [0.2, 0.25) is 0 Å². The number of nitrogens with zero attached hydrogens (tertiary/aromatic N) is 1. The van der Waals surface area contributed by atoms with Crippen molar-refractivity contribution in [2.24, 2.45) is 0 Å². The van der Waals surface area contributed by atoms with Gasteiger partial charge in [-0.1, -0.05) is 0 Å². The van der Waals surface area contributed by atoms with Crippen LogP contribution in [-0.4, -0.2) is 21.4 Å². The van der Waals surface area contributed by atoms with Crippen molar-refractivity contribution in [2.45, 2.75) is 4.90 Å². The molecule has 0 saturated carbocycles. The zero-order valence-electron chi connectivity index (χ0n) is 6.42. The largest absolute Gasteiger partial charge is 0.281 e. The van der Waals surface area contributed by atoms with E-state index < -0.39 is 0 Å². The molecule has 62 valence electrons. The van der Waals surface area contributed by atoms with Gasteiger partial charge in [-0.3, -0.25) is 15.0 Å². The minimum absolute atomic E-state index is 0.117. The highest BCUT2D eigenvalue weighted by Crippen LogP contribution is 2.15. The summed E-state index contributed by atoms with van der Waals surface area (Å²) in [4.78, 5) is 16.2. The first-order chi connectivity index (χ1) is 5.81. The van der Waals surface area contributed by atoms with Gasteiger partial charge in [0.25, 0.3) is 5.56 Å². The Kier molecular flexibility index (Phi) is 1.65. The minimum atomic E-state index is -0.117. The first-order valence-corrected chi connectivity index (χ1v) is 4.64. The maximum Gasteiger partial charge on any atom is 0.273 e. The molecule has 0 atom stereocenters. The van der Waals surface area contributed by atoms with Crippen molar-refractivity contribution in [1.82, 2.24) is 15.2 Å². The molecule has 2 aromatic heterocycles. The molecule has 0 aromatic carbocycles. The molecule has 0 fully saturated rings. The van der Waals surface area contributed by atoms with Crippen molar-refractivity contribution in [3.63, 3.8) is 0 Å². The van der Waals surface area contributed by atoms with Crippen LogP contribution in [-0.2, 0) is 0 Å². The van der Waals surface area contributed by atoms with E-state index in [0.717, 1.165) is 4.90 Å². The van der Waals surface area contributed by atoms with Crippen LogP contribution in [0.4, 0.5) is 0 Å². The van der Waals surface area contributed by atoms with E-state index in [9.17, 15) is 4.79 Å². The first-order valence-electron chi connectivity index (χ1n) is 3.41. The third kappa shape index (κ3) is 1.02. The first kappa shape index (κ1) is 7.42. The van der Waals surface area contributed by atoms with Gasteiger partial charge in [-0.15, -0.1) is 11.8 Å². The van der Waals surface area contributed by atoms with Crippen molar-refractivity contribution in [2.75, 3.05) is 6.26 Å². The zero-order valence-corrected chi connectivity index (χ0v) is 7.23. The van der Waals surface area contributed by atoms with Crippen LogP contribution in [0.25, 0.3) is 11.0 Å². The molecule has 2 aromatic rings. The number of hydrogen-bond acceptors (Lipinski definition) is 3. The van der Waals surface area contributed by atoms with Crippen LogP contribution in [0, 0.1) is 0 Å². The van der Waals surface area contributed by atoms with Gasteiger partial charge in [0.15, 0.2) is 5.65 Å². The van der Waals surface area contributed by atoms with Crippen LogP contribution < -0.4 is 5.56 Å². The van der Waals surface area contributed by atoms with Gasteiger partial charge in [-0.25, -0.2) is 4.98 Å². The van der Waals surface area contributed by atoms with Crippen LogP contribution in [0.2, 0.25) is 0 Å². The maximum absolute atomic E-state index is 11.1. The highest BCUT2D eigenvalue weighted by molar-refractivity contribution is 7.98. The Morgan fingerprint density at radius 2 is 2.33 bits per heavy atom. The lowest BCUT2D eigenvalue weighted by Crippen LogP contribution is -1.97. The van der Waals surface area contributed by atoms with Gasteiger partial charge in [0, 0.05) is 11.1 Å². The Labute approximate surface area is 72.4 Å². The van der Waals surface area contributed by atoms with Crippen molar-refractivity contribution in [3.05, 3.63) is 22.6 Å². The van der Waals surface area contributed by atoms with E-state index in [2.05, 4.69) is 15.2 Å². The van der Waals surface area contributed by atoms with E-state index in [1.165, 1.54) is 0 Å². The standard InChI is InChI=1S/C7H7N3OS/c1-12-4-2-5-6(8-3-4)9-10-7(5)11/h2-3H,1H3,(H2,8,9,10,11). The van der Waals surface area contributed by atoms with Crippen molar-refractivity contribution in [3.8, 4) is 0 Å². The summed E-state index contributed by atoms with van der Waals surface area (Å²) in [5, 5.41) is 5.77. The van der Waals surface area contributed by atoms with Crippen LogP contribution >= 0.6 is 11.8 Å².